The minimum Gasteiger partial charge on any atom is -0.454 e. The van der Waals surface area contributed by atoms with Crippen molar-refractivity contribution in [2.75, 3.05) is 5.32 Å². The minimum absolute atomic E-state index is 0.261. The van der Waals surface area contributed by atoms with Crippen molar-refractivity contribution in [1.82, 2.24) is 19.6 Å². The number of furan rings is 1. The number of anilines is 1. The van der Waals surface area contributed by atoms with Crippen LogP contribution in [0.4, 0.5) is 5.69 Å². The van der Waals surface area contributed by atoms with E-state index in [9.17, 15) is 4.79 Å². The molecule has 0 aliphatic heterocycles. The molecule has 0 radical (unpaired) electrons. The van der Waals surface area contributed by atoms with Crippen LogP contribution in [0.3, 0.4) is 0 Å². The average Bonchev–Trinajstić information content (AvgIpc) is 3.41. The smallest absolute Gasteiger partial charge is 0.291 e. The van der Waals surface area contributed by atoms with Crippen LogP contribution in [-0.2, 0) is 13.1 Å². The Hall–Kier alpha value is -3.61. The van der Waals surface area contributed by atoms with Gasteiger partial charge in [-0.1, -0.05) is 29.8 Å². The Morgan fingerprint density at radius 1 is 1.10 bits per heavy atom. The highest BCUT2D eigenvalue weighted by atomic mass is 16.4. The second-order valence-electron chi connectivity index (χ2n) is 7.12. The van der Waals surface area contributed by atoms with Crippen molar-refractivity contribution >= 4 is 11.6 Å². The highest BCUT2D eigenvalue weighted by Crippen LogP contribution is 2.22. The number of hydrogen-bond donors (Lipinski definition) is 1. The highest BCUT2D eigenvalue weighted by Gasteiger charge is 2.18. The van der Waals surface area contributed by atoms with Crippen molar-refractivity contribution in [3.63, 3.8) is 0 Å². The van der Waals surface area contributed by atoms with Gasteiger partial charge in [-0.2, -0.15) is 10.2 Å². The Balaban J connectivity index is 1.48. The third-order valence-corrected chi connectivity index (χ3v) is 4.80. The van der Waals surface area contributed by atoms with E-state index in [1.807, 2.05) is 36.9 Å². The number of rotatable bonds is 6. The summed E-state index contributed by atoms with van der Waals surface area (Å²) in [4.78, 5) is 12.7. The number of amides is 1. The van der Waals surface area contributed by atoms with Crippen LogP contribution in [0.25, 0.3) is 0 Å². The van der Waals surface area contributed by atoms with E-state index < -0.39 is 0 Å². The molecule has 0 unspecified atom stereocenters. The molecule has 0 fully saturated rings. The maximum Gasteiger partial charge on any atom is 0.291 e. The van der Waals surface area contributed by atoms with Gasteiger partial charge >= 0.3 is 0 Å². The van der Waals surface area contributed by atoms with E-state index in [4.69, 9.17) is 4.42 Å². The predicted octanol–water partition coefficient (Wildman–Crippen LogP) is 3.95. The number of aryl methyl sites for hydroxylation is 2. The molecule has 4 aromatic rings. The fraction of sp³-hybridized carbons (Fsp3) is 0.227. The summed E-state index contributed by atoms with van der Waals surface area (Å²) < 4.78 is 9.33. The lowest BCUT2D eigenvalue weighted by Crippen LogP contribution is -2.12. The molecule has 0 atom stereocenters. The van der Waals surface area contributed by atoms with Gasteiger partial charge in [-0.25, -0.2) is 0 Å². The Morgan fingerprint density at radius 2 is 1.97 bits per heavy atom. The molecule has 0 aliphatic rings. The molecule has 3 heterocycles. The lowest BCUT2D eigenvalue weighted by atomic mass is 10.1. The number of hydrogen-bond acceptors (Lipinski definition) is 4. The summed E-state index contributed by atoms with van der Waals surface area (Å²) >= 11 is 0. The van der Waals surface area contributed by atoms with Gasteiger partial charge in [-0.15, -0.1) is 0 Å². The molecule has 0 saturated carbocycles. The summed E-state index contributed by atoms with van der Waals surface area (Å²) in [5.41, 5.74) is 4.77. The van der Waals surface area contributed by atoms with E-state index in [-0.39, 0.29) is 11.7 Å². The predicted molar refractivity (Wildman–Crippen MR) is 110 cm³/mol. The quantitative estimate of drug-likeness (QED) is 0.542. The van der Waals surface area contributed by atoms with E-state index >= 15 is 0 Å². The molecule has 4 rings (SSSR count). The summed E-state index contributed by atoms with van der Waals surface area (Å²) in [6.45, 7) is 7.05. The Morgan fingerprint density at radius 3 is 2.72 bits per heavy atom. The SMILES string of the molecule is Cc1cccc(Cn2nc(C)c(NC(=O)c3ccc(Cn4cccn4)o3)c2C)c1. The van der Waals surface area contributed by atoms with E-state index in [2.05, 4.69) is 40.6 Å². The Kier molecular flexibility index (Phi) is 5.03. The summed E-state index contributed by atoms with van der Waals surface area (Å²) in [5.74, 6) is 0.637. The van der Waals surface area contributed by atoms with Gasteiger partial charge in [0.1, 0.15) is 5.76 Å². The van der Waals surface area contributed by atoms with Crippen molar-refractivity contribution in [1.29, 1.82) is 0 Å². The summed E-state index contributed by atoms with van der Waals surface area (Å²) in [7, 11) is 0. The summed E-state index contributed by atoms with van der Waals surface area (Å²) in [6, 6.07) is 13.6. The first-order valence-corrected chi connectivity index (χ1v) is 9.46. The number of carbonyl (C=O) groups excluding carboxylic acids is 1. The zero-order chi connectivity index (χ0) is 20.4. The van der Waals surface area contributed by atoms with Gasteiger partial charge in [-0.3, -0.25) is 14.2 Å². The molecular weight excluding hydrogens is 366 g/mol. The van der Waals surface area contributed by atoms with Gasteiger partial charge in [-0.05, 0) is 44.5 Å². The lowest BCUT2D eigenvalue weighted by Gasteiger charge is -2.07. The third-order valence-electron chi connectivity index (χ3n) is 4.80. The van der Waals surface area contributed by atoms with Crippen molar-refractivity contribution in [2.45, 2.75) is 33.9 Å². The largest absolute Gasteiger partial charge is 0.454 e. The maximum absolute atomic E-state index is 12.7. The lowest BCUT2D eigenvalue weighted by molar-refractivity contribution is 0.0994. The zero-order valence-corrected chi connectivity index (χ0v) is 16.7. The molecule has 7 heteroatoms. The van der Waals surface area contributed by atoms with Gasteiger partial charge in [0.25, 0.3) is 5.91 Å². The molecule has 0 aliphatic carbocycles. The van der Waals surface area contributed by atoms with E-state index in [1.165, 1.54) is 11.1 Å². The van der Waals surface area contributed by atoms with Crippen molar-refractivity contribution in [2.24, 2.45) is 0 Å². The van der Waals surface area contributed by atoms with Crippen LogP contribution >= 0.6 is 0 Å². The number of aromatic nitrogens is 4. The van der Waals surface area contributed by atoms with Crippen LogP contribution in [0.15, 0.2) is 59.3 Å². The molecule has 0 bridgehead atoms. The second-order valence-corrected chi connectivity index (χ2v) is 7.12. The molecule has 3 aromatic heterocycles. The van der Waals surface area contributed by atoms with Gasteiger partial charge in [0.2, 0.25) is 0 Å². The van der Waals surface area contributed by atoms with Crippen molar-refractivity contribution < 1.29 is 9.21 Å². The Bertz CT molecular complexity index is 1140. The number of nitrogens with one attached hydrogen (secondary N) is 1. The molecule has 148 valence electrons. The first-order valence-electron chi connectivity index (χ1n) is 9.46. The fourth-order valence-corrected chi connectivity index (χ4v) is 3.33. The van der Waals surface area contributed by atoms with Crippen LogP contribution in [-0.4, -0.2) is 25.5 Å². The number of nitrogens with zero attached hydrogens (tertiary/aromatic N) is 4. The van der Waals surface area contributed by atoms with Gasteiger partial charge in [0, 0.05) is 12.4 Å². The highest BCUT2D eigenvalue weighted by molar-refractivity contribution is 6.02. The van der Waals surface area contributed by atoms with Crippen LogP contribution in [0.5, 0.6) is 0 Å². The molecule has 29 heavy (non-hydrogen) atoms. The topological polar surface area (TPSA) is 77.9 Å². The minimum atomic E-state index is -0.293. The van der Waals surface area contributed by atoms with E-state index in [0.717, 1.165) is 11.4 Å². The van der Waals surface area contributed by atoms with Crippen LogP contribution in [0.1, 0.15) is 38.8 Å². The van der Waals surface area contributed by atoms with Gasteiger partial charge < -0.3 is 9.73 Å². The molecule has 1 amide bonds. The van der Waals surface area contributed by atoms with E-state index in [0.29, 0.717) is 24.5 Å². The van der Waals surface area contributed by atoms with Crippen LogP contribution in [0, 0.1) is 20.8 Å². The van der Waals surface area contributed by atoms with Crippen molar-refractivity contribution in [3.05, 3.63) is 88.9 Å². The maximum atomic E-state index is 12.7. The molecular formula is C22H23N5O2. The standard InChI is InChI=1S/C22H23N5O2/c1-15-6-4-7-18(12-15)13-27-17(3)21(16(2)25-27)24-22(28)20-9-8-19(29-20)14-26-11-5-10-23-26/h4-12H,13-14H2,1-3H3,(H,24,28). The normalized spacial score (nSPS) is 11.0. The third kappa shape index (κ3) is 4.13. The van der Waals surface area contributed by atoms with Crippen LogP contribution < -0.4 is 5.32 Å². The molecule has 1 N–H and O–H groups in total. The van der Waals surface area contributed by atoms with E-state index in [1.54, 1.807) is 23.0 Å². The average molecular weight is 389 g/mol. The van der Waals surface area contributed by atoms with Gasteiger partial charge in [0.05, 0.1) is 30.2 Å². The first kappa shape index (κ1) is 18.7. The number of carbonyl (C=O) groups is 1. The van der Waals surface area contributed by atoms with Gasteiger partial charge in [0.15, 0.2) is 5.76 Å². The zero-order valence-electron chi connectivity index (χ0n) is 16.7. The van der Waals surface area contributed by atoms with Crippen LogP contribution in [0.2, 0.25) is 0 Å². The molecule has 0 spiro atoms. The molecule has 7 nitrogen and oxygen atoms in total. The second kappa shape index (κ2) is 7.79. The first-order chi connectivity index (χ1) is 14.0. The summed E-state index contributed by atoms with van der Waals surface area (Å²) in [5, 5.41) is 11.7. The number of benzene rings is 1. The fourth-order valence-electron chi connectivity index (χ4n) is 3.33. The molecule has 0 saturated heterocycles. The van der Waals surface area contributed by atoms with Crippen molar-refractivity contribution in [3.8, 4) is 0 Å². The molecule has 1 aromatic carbocycles. The monoisotopic (exact) mass is 389 g/mol. The Labute approximate surface area is 169 Å². The summed E-state index contributed by atoms with van der Waals surface area (Å²) in [6.07, 6.45) is 3.55.